The number of amides is 1. The van der Waals surface area contributed by atoms with Gasteiger partial charge in [0.15, 0.2) is 0 Å². The first-order chi connectivity index (χ1) is 15.6. The van der Waals surface area contributed by atoms with Gasteiger partial charge < -0.3 is 20.1 Å². The molecule has 33 heavy (non-hydrogen) atoms. The van der Waals surface area contributed by atoms with Gasteiger partial charge in [-0.25, -0.2) is 9.59 Å². The summed E-state index contributed by atoms with van der Waals surface area (Å²) in [6, 6.07) is 14.6. The third-order valence-electron chi connectivity index (χ3n) is 5.11. The van der Waals surface area contributed by atoms with Gasteiger partial charge in [-0.15, -0.1) is 0 Å². The number of nitrogens with zero attached hydrogens (tertiary/aromatic N) is 2. The lowest BCUT2D eigenvalue weighted by Crippen LogP contribution is -2.13. The Morgan fingerprint density at radius 2 is 1.52 bits per heavy atom. The molecule has 0 fully saturated rings. The van der Waals surface area contributed by atoms with Crippen LogP contribution in [0.1, 0.15) is 43.2 Å². The number of nitrogens with one attached hydrogen (secondary N) is 1. The summed E-state index contributed by atoms with van der Waals surface area (Å²) in [6.45, 7) is 5.42. The maximum atomic E-state index is 12.6. The van der Waals surface area contributed by atoms with Crippen molar-refractivity contribution in [3.8, 4) is 11.8 Å². The van der Waals surface area contributed by atoms with Gasteiger partial charge in [-0.3, -0.25) is 4.79 Å². The van der Waals surface area contributed by atoms with Crippen LogP contribution < -0.4 is 5.32 Å². The number of nitriles is 1. The maximum absolute atomic E-state index is 12.6. The zero-order chi connectivity index (χ0) is 24.3. The summed E-state index contributed by atoms with van der Waals surface area (Å²) >= 11 is 0. The number of carbonyl (C=O) groups excluding carboxylic acids is 1. The Morgan fingerprint density at radius 3 is 2.03 bits per heavy atom. The molecule has 0 bridgehead atoms. The van der Waals surface area contributed by atoms with Crippen molar-refractivity contribution in [1.82, 2.24) is 4.57 Å². The quantitative estimate of drug-likeness (QED) is 0.383. The fourth-order valence-corrected chi connectivity index (χ4v) is 3.46. The van der Waals surface area contributed by atoms with Crippen LogP contribution in [-0.2, 0) is 4.79 Å². The van der Waals surface area contributed by atoms with Crippen molar-refractivity contribution < 1.29 is 24.6 Å². The highest BCUT2D eigenvalue weighted by Gasteiger charge is 2.17. The zero-order valence-electron chi connectivity index (χ0n) is 18.2. The number of hydrogen-bond acceptors (Lipinski definition) is 4. The van der Waals surface area contributed by atoms with E-state index in [0.29, 0.717) is 28.3 Å². The van der Waals surface area contributed by atoms with Crippen LogP contribution in [-0.4, -0.2) is 32.6 Å². The summed E-state index contributed by atoms with van der Waals surface area (Å²) < 4.78 is 1.68. The van der Waals surface area contributed by atoms with E-state index in [2.05, 4.69) is 5.32 Å². The molecule has 0 aliphatic rings. The third kappa shape index (κ3) is 4.99. The van der Waals surface area contributed by atoms with Crippen LogP contribution in [0.4, 0.5) is 5.69 Å². The first-order valence-electron chi connectivity index (χ1n) is 9.91. The highest BCUT2D eigenvalue weighted by Crippen LogP contribution is 2.25. The van der Waals surface area contributed by atoms with Crippen molar-refractivity contribution in [3.05, 3.63) is 87.7 Å². The third-order valence-corrected chi connectivity index (χ3v) is 5.11. The lowest BCUT2D eigenvalue weighted by atomic mass is 10.1. The van der Waals surface area contributed by atoms with Crippen LogP contribution in [0.2, 0.25) is 0 Å². The molecule has 0 aliphatic heterocycles. The molecule has 3 rings (SSSR count). The molecule has 8 nitrogen and oxygen atoms in total. The molecule has 1 heterocycles. The molecular formula is C25H21N3O5. The Bertz CT molecular complexity index is 1310. The van der Waals surface area contributed by atoms with Crippen molar-refractivity contribution in [3.63, 3.8) is 0 Å². The van der Waals surface area contributed by atoms with E-state index in [0.717, 1.165) is 11.6 Å². The molecule has 8 heteroatoms. The van der Waals surface area contributed by atoms with Gasteiger partial charge >= 0.3 is 11.9 Å². The Hall–Kier alpha value is -4.64. The van der Waals surface area contributed by atoms with Gasteiger partial charge in [0.1, 0.15) is 11.6 Å². The Labute approximate surface area is 190 Å². The van der Waals surface area contributed by atoms with Crippen LogP contribution in [0.5, 0.6) is 0 Å². The molecule has 0 unspecified atom stereocenters. The fourth-order valence-electron chi connectivity index (χ4n) is 3.46. The summed E-state index contributed by atoms with van der Waals surface area (Å²) in [5.41, 5.74) is 3.37. The van der Waals surface area contributed by atoms with Crippen LogP contribution in [0.15, 0.2) is 54.1 Å². The zero-order valence-corrected chi connectivity index (χ0v) is 18.2. The number of carboxylic acid groups (broad SMARTS) is 2. The van der Waals surface area contributed by atoms with E-state index in [1.54, 1.807) is 36.6 Å². The standard InChI is InChI=1S/C25H21N3O5/c1-14-4-6-21(7-5-14)27-23(29)20(13-26)9-17-8-15(2)28(16(17)3)22-11-18(24(30)31)10-19(12-22)25(32)33/h4-12H,1-3H3,(H,27,29)(H,30,31)(H,32,33)/b20-9-. The molecule has 0 atom stereocenters. The molecule has 0 saturated heterocycles. The smallest absolute Gasteiger partial charge is 0.335 e. The average Bonchev–Trinajstić information content (AvgIpc) is 3.05. The van der Waals surface area contributed by atoms with Gasteiger partial charge in [0.25, 0.3) is 5.91 Å². The number of aromatic nitrogens is 1. The second kappa shape index (κ2) is 9.24. The van der Waals surface area contributed by atoms with Gasteiger partial charge in [0.05, 0.1) is 11.1 Å². The molecule has 1 amide bonds. The normalized spacial score (nSPS) is 11.0. The molecule has 2 aromatic carbocycles. The minimum atomic E-state index is -1.25. The second-order valence-corrected chi connectivity index (χ2v) is 7.53. The number of carbonyl (C=O) groups is 3. The fraction of sp³-hybridized carbons (Fsp3) is 0.120. The summed E-state index contributed by atoms with van der Waals surface area (Å²) in [5.74, 6) is -3.06. The summed E-state index contributed by atoms with van der Waals surface area (Å²) in [6.07, 6.45) is 1.45. The number of hydrogen-bond donors (Lipinski definition) is 3. The average molecular weight is 443 g/mol. The Balaban J connectivity index is 2.02. The van der Waals surface area contributed by atoms with Crippen LogP contribution in [0.25, 0.3) is 11.8 Å². The Kier molecular flexibility index (Phi) is 6.45. The lowest BCUT2D eigenvalue weighted by molar-refractivity contribution is -0.112. The summed E-state index contributed by atoms with van der Waals surface area (Å²) in [7, 11) is 0. The molecule has 0 spiro atoms. The number of aromatic carboxylic acids is 2. The maximum Gasteiger partial charge on any atom is 0.335 e. The molecule has 3 N–H and O–H groups in total. The number of carboxylic acids is 2. The predicted molar refractivity (Wildman–Crippen MR) is 123 cm³/mol. The number of benzene rings is 2. The van der Waals surface area contributed by atoms with Gasteiger partial charge in [-0.1, -0.05) is 17.7 Å². The van der Waals surface area contributed by atoms with Crippen molar-refractivity contribution in [2.24, 2.45) is 0 Å². The minimum absolute atomic E-state index is 0.110. The number of anilines is 1. The number of aryl methyl sites for hydroxylation is 2. The van der Waals surface area contributed by atoms with Gasteiger partial charge in [-0.2, -0.15) is 5.26 Å². The van der Waals surface area contributed by atoms with E-state index in [4.69, 9.17) is 0 Å². The van der Waals surface area contributed by atoms with Crippen molar-refractivity contribution in [1.29, 1.82) is 5.26 Å². The van der Waals surface area contributed by atoms with E-state index in [1.807, 2.05) is 25.1 Å². The predicted octanol–water partition coefficient (Wildman–Crippen LogP) is 4.34. The number of rotatable bonds is 6. The molecule has 0 radical (unpaired) electrons. The molecule has 3 aromatic rings. The second-order valence-electron chi connectivity index (χ2n) is 7.53. The van der Waals surface area contributed by atoms with E-state index < -0.39 is 17.8 Å². The van der Waals surface area contributed by atoms with Crippen LogP contribution in [0, 0.1) is 32.1 Å². The first kappa shape index (κ1) is 23.0. The van der Waals surface area contributed by atoms with E-state index in [-0.39, 0.29) is 16.7 Å². The van der Waals surface area contributed by atoms with Crippen LogP contribution >= 0.6 is 0 Å². The van der Waals surface area contributed by atoms with Gasteiger partial charge in [0.2, 0.25) is 0 Å². The Morgan fingerprint density at radius 1 is 0.939 bits per heavy atom. The SMILES string of the molecule is Cc1ccc(NC(=O)/C(C#N)=C\c2cc(C)n(-c3cc(C(=O)O)cc(C(=O)O)c3)c2C)cc1. The largest absolute Gasteiger partial charge is 0.478 e. The highest BCUT2D eigenvalue weighted by molar-refractivity contribution is 6.09. The summed E-state index contributed by atoms with van der Waals surface area (Å²) in [5, 5.41) is 31.0. The summed E-state index contributed by atoms with van der Waals surface area (Å²) in [4.78, 5) is 35.5. The van der Waals surface area contributed by atoms with Crippen LogP contribution in [0.3, 0.4) is 0 Å². The molecule has 0 saturated carbocycles. The van der Waals surface area contributed by atoms with E-state index in [1.165, 1.54) is 18.2 Å². The van der Waals surface area contributed by atoms with E-state index in [9.17, 15) is 29.9 Å². The highest BCUT2D eigenvalue weighted by atomic mass is 16.4. The molecule has 0 aliphatic carbocycles. The van der Waals surface area contributed by atoms with Crippen molar-refractivity contribution in [2.45, 2.75) is 20.8 Å². The first-order valence-corrected chi connectivity index (χ1v) is 9.91. The lowest BCUT2D eigenvalue weighted by Gasteiger charge is -2.12. The van der Waals surface area contributed by atoms with Gasteiger partial charge in [0, 0.05) is 22.8 Å². The minimum Gasteiger partial charge on any atom is -0.478 e. The topological polar surface area (TPSA) is 132 Å². The molecule has 1 aromatic heterocycles. The monoisotopic (exact) mass is 443 g/mol. The molecule has 166 valence electrons. The van der Waals surface area contributed by atoms with Crippen molar-refractivity contribution in [2.75, 3.05) is 5.32 Å². The van der Waals surface area contributed by atoms with Gasteiger partial charge in [-0.05, 0) is 68.8 Å². The van der Waals surface area contributed by atoms with E-state index >= 15 is 0 Å². The van der Waals surface area contributed by atoms with Crippen molar-refractivity contribution >= 4 is 29.6 Å². The molecular weight excluding hydrogens is 422 g/mol.